The van der Waals surface area contributed by atoms with Crippen LogP contribution >= 0.6 is 0 Å². The lowest BCUT2D eigenvalue weighted by molar-refractivity contribution is 0.423. The quantitative estimate of drug-likeness (QED) is 0.834. The second-order valence-electron chi connectivity index (χ2n) is 4.67. The van der Waals surface area contributed by atoms with Crippen LogP contribution in [0.25, 0.3) is 11.0 Å². The maximum atomic E-state index is 5.91. The molecular formula is C15H21NO. The van der Waals surface area contributed by atoms with Gasteiger partial charge in [0.2, 0.25) is 0 Å². The minimum Gasteiger partial charge on any atom is -0.459 e. The van der Waals surface area contributed by atoms with Crippen LogP contribution in [0.2, 0.25) is 0 Å². The first kappa shape index (κ1) is 12.2. The summed E-state index contributed by atoms with van der Waals surface area (Å²) in [4.78, 5) is 0. The zero-order valence-electron chi connectivity index (χ0n) is 10.9. The van der Waals surface area contributed by atoms with Gasteiger partial charge < -0.3 is 9.73 Å². The van der Waals surface area contributed by atoms with E-state index in [1.165, 1.54) is 23.8 Å². The number of fused-ring (bicyclic) bond motifs is 1. The van der Waals surface area contributed by atoms with Crippen molar-refractivity contribution >= 4 is 11.0 Å². The lowest BCUT2D eigenvalue weighted by atomic mass is 10.1. The number of hydrogen-bond donors (Lipinski definition) is 1. The lowest BCUT2D eigenvalue weighted by Gasteiger charge is -2.12. The van der Waals surface area contributed by atoms with Crippen molar-refractivity contribution in [2.24, 2.45) is 0 Å². The largest absolute Gasteiger partial charge is 0.459 e. The number of furan rings is 1. The molecule has 0 saturated carbocycles. The van der Waals surface area contributed by atoms with Crippen LogP contribution in [0, 0.1) is 6.92 Å². The first-order chi connectivity index (χ1) is 8.24. The molecule has 2 rings (SSSR count). The summed E-state index contributed by atoms with van der Waals surface area (Å²) in [6.45, 7) is 4.33. The van der Waals surface area contributed by atoms with E-state index in [-0.39, 0.29) is 0 Å². The summed E-state index contributed by atoms with van der Waals surface area (Å²) in [7, 11) is 2.00. The fraction of sp³-hybridized carbons (Fsp3) is 0.467. The Morgan fingerprint density at radius 2 is 2.12 bits per heavy atom. The molecule has 0 amide bonds. The highest BCUT2D eigenvalue weighted by Gasteiger charge is 2.13. The number of rotatable bonds is 5. The van der Waals surface area contributed by atoms with Gasteiger partial charge in [-0.2, -0.15) is 0 Å². The van der Waals surface area contributed by atoms with Gasteiger partial charge in [-0.3, -0.25) is 0 Å². The average molecular weight is 231 g/mol. The molecule has 0 aliphatic rings. The zero-order chi connectivity index (χ0) is 12.3. The first-order valence-electron chi connectivity index (χ1n) is 6.42. The van der Waals surface area contributed by atoms with E-state index in [1.54, 1.807) is 0 Å². The Morgan fingerprint density at radius 1 is 1.29 bits per heavy atom. The number of aryl methyl sites for hydroxylation is 1. The van der Waals surface area contributed by atoms with Crippen LogP contribution in [-0.4, -0.2) is 7.05 Å². The molecule has 0 bridgehead atoms. The highest BCUT2D eigenvalue weighted by molar-refractivity contribution is 5.78. The normalized spacial score (nSPS) is 13.1. The Balaban J connectivity index is 2.27. The van der Waals surface area contributed by atoms with Gasteiger partial charge in [0.15, 0.2) is 0 Å². The molecule has 17 heavy (non-hydrogen) atoms. The maximum Gasteiger partial charge on any atom is 0.134 e. The van der Waals surface area contributed by atoms with Gasteiger partial charge in [0.1, 0.15) is 11.3 Å². The predicted octanol–water partition coefficient (Wildman–Crippen LogP) is 4.19. The molecule has 2 nitrogen and oxygen atoms in total. The molecule has 0 saturated heterocycles. The molecule has 0 aliphatic heterocycles. The van der Waals surface area contributed by atoms with Crippen LogP contribution in [0.15, 0.2) is 28.7 Å². The minimum atomic E-state index is 0.336. The molecule has 1 atom stereocenters. The van der Waals surface area contributed by atoms with Crippen molar-refractivity contribution in [2.75, 3.05) is 7.05 Å². The Morgan fingerprint density at radius 3 is 2.82 bits per heavy atom. The highest BCUT2D eigenvalue weighted by Crippen LogP contribution is 2.27. The standard InChI is InChI=1S/C15H21NO/c1-4-5-6-13(16-3)15-10-12-9-11(2)7-8-14(12)17-15/h7-10,13,16H,4-6H2,1-3H3. The van der Waals surface area contributed by atoms with Gasteiger partial charge in [-0.1, -0.05) is 31.4 Å². The van der Waals surface area contributed by atoms with E-state index in [0.717, 1.165) is 17.8 Å². The van der Waals surface area contributed by atoms with Gasteiger partial charge in [0, 0.05) is 5.39 Å². The molecule has 1 heterocycles. The summed E-state index contributed by atoms with van der Waals surface area (Å²) < 4.78 is 5.91. The molecule has 1 N–H and O–H groups in total. The van der Waals surface area contributed by atoms with Crippen LogP contribution in [-0.2, 0) is 0 Å². The van der Waals surface area contributed by atoms with E-state index in [2.05, 4.69) is 43.4 Å². The second-order valence-corrected chi connectivity index (χ2v) is 4.67. The van der Waals surface area contributed by atoms with Crippen molar-refractivity contribution < 1.29 is 4.42 Å². The molecule has 1 aromatic carbocycles. The van der Waals surface area contributed by atoms with Gasteiger partial charge in [-0.25, -0.2) is 0 Å². The predicted molar refractivity (Wildman–Crippen MR) is 72.3 cm³/mol. The first-order valence-corrected chi connectivity index (χ1v) is 6.42. The van der Waals surface area contributed by atoms with Crippen LogP contribution in [0.5, 0.6) is 0 Å². The van der Waals surface area contributed by atoms with E-state index in [9.17, 15) is 0 Å². The van der Waals surface area contributed by atoms with Crippen molar-refractivity contribution in [2.45, 2.75) is 39.2 Å². The van der Waals surface area contributed by atoms with E-state index >= 15 is 0 Å². The third-order valence-corrected chi connectivity index (χ3v) is 3.23. The van der Waals surface area contributed by atoms with Gasteiger partial charge in [0.05, 0.1) is 6.04 Å². The SMILES string of the molecule is CCCCC(NC)c1cc2cc(C)ccc2o1. The number of unbranched alkanes of at least 4 members (excludes halogenated alkanes) is 1. The Kier molecular flexibility index (Phi) is 3.85. The fourth-order valence-corrected chi connectivity index (χ4v) is 2.19. The molecule has 1 aromatic heterocycles. The molecule has 0 radical (unpaired) electrons. The summed E-state index contributed by atoms with van der Waals surface area (Å²) in [5.41, 5.74) is 2.27. The van der Waals surface area contributed by atoms with Gasteiger partial charge in [0.25, 0.3) is 0 Å². The Hall–Kier alpha value is -1.28. The van der Waals surface area contributed by atoms with Gasteiger partial charge in [-0.05, 0) is 38.6 Å². The van der Waals surface area contributed by atoms with Crippen molar-refractivity contribution in [1.29, 1.82) is 0 Å². The summed E-state index contributed by atoms with van der Waals surface area (Å²) in [5.74, 6) is 1.06. The smallest absolute Gasteiger partial charge is 0.134 e. The van der Waals surface area contributed by atoms with Crippen molar-refractivity contribution in [3.05, 3.63) is 35.6 Å². The Bertz CT molecular complexity index is 487. The molecule has 1 unspecified atom stereocenters. The van der Waals surface area contributed by atoms with Crippen molar-refractivity contribution in [3.8, 4) is 0 Å². The number of nitrogens with one attached hydrogen (secondary N) is 1. The summed E-state index contributed by atoms with van der Waals surface area (Å²) in [6, 6.07) is 8.83. The lowest BCUT2D eigenvalue weighted by Crippen LogP contribution is -2.15. The molecule has 0 aliphatic carbocycles. The van der Waals surface area contributed by atoms with E-state index < -0.39 is 0 Å². The van der Waals surface area contributed by atoms with Crippen molar-refractivity contribution in [3.63, 3.8) is 0 Å². The summed E-state index contributed by atoms with van der Waals surface area (Å²) in [5, 5.41) is 4.54. The summed E-state index contributed by atoms with van der Waals surface area (Å²) >= 11 is 0. The zero-order valence-corrected chi connectivity index (χ0v) is 10.9. The van der Waals surface area contributed by atoms with Crippen LogP contribution < -0.4 is 5.32 Å². The Labute approximate surface area is 103 Å². The second kappa shape index (κ2) is 5.37. The number of hydrogen-bond acceptors (Lipinski definition) is 2. The van der Waals surface area contributed by atoms with E-state index in [4.69, 9.17) is 4.42 Å². The van der Waals surface area contributed by atoms with Crippen LogP contribution in [0.4, 0.5) is 0 Å². The van der Waals surface area contributed by atoms with Crippen LogP contribution in [0.3, 0.4) is 0 Å². The minimum absolute atomic E-state index is 0.336. The van der Waals surface area contributed by atoms with Gasteiger partial charge >= 0.3 is 0 Å². The highest BCUT2D eigenvalue weighted by atomic mass is 16.3. The summed E-state index contributed by atoms with van der Waals surface area (Å²) in [6.07, 6.45) is 3.57. The fourth-order valence-electron chi connectivity index (χ4n) is 2.19. The average Bonchev–Trinajstić information content (AvgIpc) is 2.72. The molecule has 92 valence electrons. The molecule has 0 spiro atoms. The molecule has 2 heteroatoms. The molecular weight excluding hydrogens is 210 g/mol. The third kappa shape index (κ3) is 2.70. The van der Waals surface area contributed by atoms with E-state index in [1.807, 2.05) is 7.05 Å². The van der Waals surface area contributed by atoms with E-state index in [0.29, 0.717) is 6.04 Å². The topological polar surface area (TPSA) is 25.2 Å². The van der Waals surface area contributed by atoms with Crippen molar-refractivity contribution in [1.82, 2.24) is 5.32 Å². The van der Waals surface area contributed by atoms with Crippen LogP contribution in [0.1, 0.15) is 43.6 Å². The monoisotopic (exact) mass is 231 g/mol. The maximum absolute atomic E-state index is 5.91. The molecule has 0 fully saturated rings. The molecule has 2 aromatic rings. The van der Waals surface area contributed by atoms with Gasteiger partial charge in [-0.15, -0.1) is 0 Å². The third-order valence-electron chi connectivity index (χ3n) is 3.23. The number of benzene rings is 1.